The third-order valence-corrected chi connectivity index (χ3v) is 12.1. The van der Waals surface area contributed by atoms with Crippen molar-refractivity contribution in [1.82, 2.24) is 0 Å². The zero-order valence-electron chi connectivity index (χ0n) is 27.3. The number of nitrogens with zero attached hydrogens (tertiary/aromatic N) is 1. The Morgan fingerprint density at radius 1 is 0.913 bits per heavy atom. The van der Waals surface area contributed by atoms with E-state index in [1.54, 1.807) is 0 Å². The first kappa shape index (κ1) is 34.7. The van der Waals surface area contributed by atoms with Gasteiger partial charge in [0.15, 0.2) is 23.8 Å². The number of fused-ring (bicyclic) bond motifs is 5. The number of esters is 2. The van der Waals surface area contributed by atoms with E-state index in [0.717, 1.165) is 44.2 Å². The molecule has 0 radical (unpaired) electrons. The topological polar surface area (TPSA) is 99.2 Å². The van der Waals surface area contributed by atoms with Gasteiger partial charge in [0.25, 0.3) is 0 Å². The normalized spacial score (nSPS) is 31.5. The summed E-state index contributed by atoms with van der Waals surface area (Å²) in [7, 11) is 0. The molecule has 10 heteroatoms. The SMILES string of the molecule is CC(=O)[C@@]1(OC(=O)COC(=O)CCOc2ccc(N(CCCl)CCCl)cc2)CC[C@H]2[C@@H]3CCC4=CC(=O)CC[C@]4(C)[C@H]3CC[C@@]21C. The van der Waals surface area contributed by atoms with Crippen LogP contribution < -0.4 is 9.64 Å². The number of carbonyl (C=O) groups is 4. The van der Waals surface area contributed by atoms with Crippen LogP contribution in [-0.2, 0) is 28.7 Å². The van der Waals surface area contributed by atoms with E-state index in [1.807, 2.05) is 30.3 Å². The van der Waals surface area contributed by atoms with Crippen molar-refractivity contribution < 1.29 is 33.4 Å². The minimum atomic E-state index is -1.23. The summed E-state index contributed by atoms with van der Waals surface area (Å²) in [6.07, 6.45) is 8.25. The van der Waals surface area contributed by atoms with E-state index >= 15 is 0 Å². The molecule has 3 fully saturated rings. The molecule has 0 spiro atoms. The molecule has 252 valence electrons. The van der Waals surface area contributed by atoms with Crippen molar-refractivity contribution in [1.29, 1.82) is 0 Å². The molecule has 5 rings (SSSR count). The summed E-state index contributed by atoms with van der Waals surface area (Å²) < 4.78 is 17.0. The molecule has 1 aromatic carbocycles. The lowest BCUT2D eigenvalue weighted by Crippen LogP contribution is -2.59. The number of ether oxygens (including phenoxy) is 3. The third kappa shape index (κ3) is 6.58. The van der Waals surface area contributed by atoms with Gasteiger partial charge in [-0.1, -0.05) is 19.4 Å². The number of anilines is 1. The van der Waals surface area contributed by atoms with Crippen molar-refractivity contribution in [2.75, 3.05) is 43.0 Å². The molecule has 0 bridgehead atoms. The summed E-state index contributed by atoms with van der Waals surface area (Å²) >= 11 is 11.8. The monoisotopic (exact) mass is 675 g/mol. The number of alkyl halides is 2. The molecule has 4 aliphatic carbocycles. The van der Waals surface area contributed by atoms with E-state index in [0.29, 0.717) is 55.3 Å². The van der Waals surface area contributed by atoms with Gasteiger partial charge in [-0.3, -0.25) is 14.4 Å². The molecular formula is C36H47Cl2NO7. The van der Waals surface area contributed by atoms with Crippen LogP contribution in [0.2, 0.25) is 0 Å². The predicted molar refractivity (Wildman–Crippen MR) is 177 cm³/mol. The van der Waals surface area contributed by atoms with Crippen molar-refractivity contribution in [3.63, 3.8) is 0 Å². The number of ketones is 2. The van der Waals surface area contributed by atoms with E-state index in [9.17, 15) is 19.2 Å². The number of carbonyl (C=O) groups excluding carboxylic acids is 4. The molecule has 0 N–H and O–H groups in total. The summed E-state index contributed by atoms with van der Waals surface area (Å²) in [5.74, 6) is 1.52. The van der Waals surface area contributed by atoms with Gasteiger partial charge < -0.3 is 19.1 Å². The highest BCUT2D eigenvalue weighted by molar-refractivity contribution is 6.18. The quantitative estimate of drug-likeness (QED) is 0.169. The van der Waals surface area contributed by atoms with E-state index in [-0.39, 0.29) is 35.9 Å². The summed E-state index contributed by atoms with van der Waals surface area (Å²) in [5, 5.41) is 0. The molecule has 1 aromatic rings. The summed E-state index contributed by atoms with van der Waals surface area (Å²) in [6.45, 7) is 6.87. The highest BCUT2D eigenvalue weighted by Crippen LogP contribution is 2.68. The molecule has 6 atom stereocenters. The molecule has 0 unspecified atom stereocenters. The maximum atomic E-state index is 13.3. The minimum absolute atomic E-state index is 0.0212. The molecule has 3 saturated carbocycles. The van der Waals surface area contributed by atoms with Gasteiger partial charge >= 0.3 is 11.9 Å². The first-order valence-electron chi connectivity index (χ1n) is 16.7. The highest BCUT2D eigenvalue weighted by Gasteiger charge is 2.67. The number of allylic oxidation sites excluding steroid dienone is 1. The molecule has 46 heavy (non-hydrogen) atoms. The fraction of sp³-hybridized carbons (Fsp3) is 0.667. The zero-order valence-corrected chi connectivity index (χ0v) is 28.8. The first-order valence-corrected chi connectivity index (χ1v) is 17.8. The molecule has 8 nitrogen and oxygen atoms in total. The van der Waals surface area contributed by atoms with E-state index in [2.05, 4.69) is 18.7 Å². The Morgan fingerprint density at radius 2 is 1.61 bits per heavy atom. The molecule has 0 aromatic heterocycles. The molecular weight excluding hydrogens is 629 g/mol. The maximum absolute atomic E-state index is 13.3. The molecule has 0 saturated heterocycles. The first-order chi connectivity index (χ1) is 22.0. The maximum Gasteiger partial charge on any atom is 0.345 e. The van der Waals surface area contributed by atoms with E-state index in [4.69, 9.17) is 37.4 Å². The lowest BCUT2D eigenvalue weighted by atomic mass is 9.46. The Balaban J connectivity index is 1.14. The van der Waals surface area contributed by atoms with Gasteiger partial charge in [0.1, 0.15) is 5.75 Å². The van der Waals surface area contributed by atoms with Gasteiger partial charge in [0.05, 0.1) is 13.0 Å². The predicted octanol–water partition coefficient (Wildman–Crippen LogP) is 6.69. The smallest absolute Gasteiger partial charge is 0.345 e. The van der Waals surface area contributed by atoms with Crippen molar-refractivity contribution in [2.24, 2.45) is 28.6 Å². The molecule has 4 aliphatic rings. The van der Waals surface area contributed by atoms with Gasteiger partial charge in [-0.2, -0.15) is 0 Å². The van der Waals surface area contributed by atoms with E-state index in [1.165, 1.54) is 12.5 Å². The lowest BCUT2D eigenvalue weighted by Gasteiger charge is -2.59. The Hall–Kier alpha value is -2.58. The second kappa shape index (κ2) is 14.3. The van der Waals surface area contributed by atoms with Crippen LogP contribution in [0.25, 0.3) is 0 Å². The minimum Gasteiger partial charge on any atom is -0.493 e. The summed E-state index contributed by atoms with van der Waals surface area (Å²) in [5.41, 5.74) is 0.577. The number of hydrogen-bond acceptors (Lipinski definition) is 8. The van der Waals surface area contributed by atoms with Crippen LogP contribution in [0.4, 0.5) is 5.69 Å². The molecule has 0 amide bonds. The fourth-order valence-corrected chi connectivity index (χ4v) is 9.80. The molecule has 0 heterocycles. The van der Waals surface area contributed by atoms with Gasteiger partial charge in [-0.05, 0) is 105 Å². The van der Waals surface area contributed by atoms with Crippen molar-refractivity contribution in [3.8, 4) is 5.75 Å². The van der Waals surface area contributed by atoms with Crippen LogP contribution in [0, 0.1) is 28.6 Å². The number of halogens is 2. The van der Waals surface area contributed by atoms with Crippen molar-refractivity contribution in [3.05, 3.63) is 35.9 Å². The number of Topliss-reactive ketones (excluding diaryl/α,β-unsaturated/α-hetero) is 1. The standard InChI is InChI=1S/C36H47Cl2NO7/c1-24(40)36(16-12-31-29-9-4-25-22-27(41)10-14-34(25,2)30(29)11-15-35(31,36)3)46-33(43)23-45-32(42)13-21-44-28-7-5-26(6-8-28)39(19-17-37)20-18-38/h5-8,22,29-31H,4,9-21,23H2,1-3H3/t29-,30+,31+,34+,35+,36+/m1/s1. The van der Waals surface area contributed by atoms with Gasteiger partial charge in [0, 0.05) is 42.4 Å². The average Bonchev–Trinajstić information content (AvgIpc) is 3.33. The average molecular weight is 677 g/mol. The van der Waals surface area contributed by atoms with Crippen LogP contribution in [0.1, 0.15) is 78.6 Å². The Bertz CT molecular complexity index is 1340. The van der Waals surface area contributed by atoms with Crippen LogP contribution >= 0.6 is 23.2 Å². The highest BCUT2D eigenvalue weighted by atomic mass is 35.5. The number of benzene rings is 1. The van der Waals surface area contributed by atoms with Crippen LogP contribution in [0.3, 0.4) is 0 Å². The van der Waals surface area contributed by atoms with E-state index < -0.39 is 29.6 Å². The Kier molecular flexibility index (Phi) is 10.8. The second-order valence-electron chi connectivity index (χ2n) is 13.9. The third-order valence-electron chi connectivity index (χ3n) is 11.8. The Morgan fingerprint density at radius 3 is 2.28 bits per heavy atom. The number of hydrogen-bond donors (Lipinski definition) is 0. The largest absolute Gasteiger partial charge is 0.493 e. The van der Waals surface area contributed by atoms with Gasteiger partial charge in [0.2, 0.25) is 0 Å². The van der Waals surface area contributed by atoms with Crippen molar-refractivity contribution in [2.45, 2.75) is 84.2 Å². The summed E-state index contributed by atoms with van der Waals surface area (Å²) in [4.78, 5) is 53.2. The number of rotatable bonds is 13. The second-order valence-corrected chi connectivity index (χ2v) is 14.7. The summed E-state index contributed by atoms with van der Waals surface area (Å²) in [6, 6.07) is 7.46. The van der Waals surface area contributed by atoms with Crippen molar-refractivity contribution >= 4 is 52.4 Å². The van der Waals surface area contributed by atoms with Crippen LogP contribution in [-0.4, -0.2) is 67.2 Å². The molecule has 0 aliphatic heterocycles. The lowest BCUT2D eigenvalue weighted by molar-refractivity contribution is -0.193. The zero-order chi connectivity index (χ0) is 33.1. The van der Waals surface area contributed by atoms with Crippen LogP contribution in [0.5, 0.6) is 5.75 Å². The Labute approximate surface area is 282 Å². The van der Waals surface area contributed by atoms with Crippen LogP contribution in [0.15, 0.2) is 35.9 Å². The fourth-order valence-electron chi connectivity index (χ4n) is 9.39. The van der Waals surface area contributed by atoms with Gasteiger partial charge in [-0.15, -0.1) is 23.2 Å². The van der Waals surface area contributed by atoms with Gasteiger partial charge in [-0.25, -0.2) is 4.79 Å².